The number of aliphatic hydroxyl groups excluding tert-OH is 1. The average Bonchev–Trinajstić information content (AvgIpc) is 3.14. The van der Waals surface area contributed by atoms with Gasteiger partial charge in [-0.1, -0.05) is 46.3 Å². The van der Waals surface area contributed by atoms with Gasteiger partial charge < -0.3 is 14.4 Å². The van der Waals surface area contributed by atoms with Crippen LogP contribution in [0.5, 0.6) is 0 Å². The maximum atomic E-state index is 9.16. The molecule has 1 N–H and O–H groups in total. The van der Waals surface area contributed by atoms with Gasteiger partial charge in [0.05, 0.1) is 6.61 Å². The minimum Gasteiger partial charge on any atom is -0.425 e. The first-order valence-corrected chi connectivity index (χ1v) is 11.7. The Balaban J connectivity index is 1.64. The normalized spacial score (nSPS) is 26.9. The Morgan fingerprint density at radius 1 is 1.13 bits per heavy atom. The van der Waals surface area contributed by atoms with Gasteiger partial charge in [-0.2, -0.15) is 0 Å². The first-order valence-electron chi connectivity index (χ1n) is 11.7. The first kappa shape index (κ1) is 23.4. The van der Waals surface area contributed by atoms with E-state index in [9.17, 15) is 0 Å². The van der Waals surface area contributed by atoms with Gasteiger partial charge in [-0.25, -0.2) is 0 Å². The van der Waals surface area contributed by atoms with Crippen molar-refractivity contribution >= 4 is 0 Å². The number of allylic oxidation sites excluding steroid dienone is 1. The largest absolute Gasteiger partial charge is 0.425 e. The molecule has 3 rings (SSSR count). The van der Waals surface area contributed by atoms with E-state index >= 15 is 0 Å². The molecule has 170 valence electrons. The van der Waals surface area contributed by atoms with Crippen molar-refractivity contribution in [3.8, 4) is 0 Å². The summed E-state index contributed by atoms with van der Waals surface area (Å²) in [6.07, 6.45) is 4.59. The van der Waals surface area contributed by atoms with Gasteiger partial charge in [-0.05, 0) is 37.0 Å². The third-order valence-corrected chi connectivity index (χ3v) is 6.96. The summed E-state index contributed by atoms with van der Waals surface area (Å²) < 4.78 is 5.99. The smallest absolute Gasteiger partial charge is 0.221 e. The molecule has 0 aromatic carbocycles. The fraction of sp³-hybridized carbons (Fsp3) is 0.833. The van der Waals surface area contributed by atoms with E-state index in [4.69, 9.17) is 9.52 Å². The molecule has 1 saturated heterocycles. The molecule has 1 aliphatic heterocycles. The number of hydrogen-bond donors (Lipinski definition) is 1. The molecule has 0 unspecified atom stereocenters. The monoisotopic (exact) mass is 418 g/mol. The van der Waals surface area contributed by atoms with Crippen molar-refractivity contribution in [1.29, 1.82) is 0 Å². The third kappa shape index (κ3) is 5.92. The lowest BCUT2D eigenvalue weighted by Gasteiger charge is -2.41. The lowest BCUT2D eigenvalue weighted by molar-refractivity contribution is 0.0886. The zero-order chi connectivity index (χ0) is 21.9. The quantitative estimate of drug-likeness (QED) is 0.685. The molecule has 6 nitrogen and oxygen atoms in total. The van der Waals surface area contributed by atoms with Crippen molar-refractivity contribution in [2.24, 2.45) is 23.7 Å². The van der Waals surface area contributed by atoms with Crippen LogP contribution in [0.4, 0.5) is 0 Å². The van der Waals surface area contributed by atoms with E-state index in [1.807, 2.05) is 0 Å². The Bertz CT molecular complexity index is 698. The van der Waals surface area contributed by atoms with Crippen LogP contribution in [-0.2, 0) is 11.8 Å². The SMILES string of the molecule is CC1=C[C@@H](CN2CCN(CCO)CC2)[C@H](C(C)C)C[C@H]1Cc1nnc(C(C)(C)C)o1. The maximum absolute atomic E-state index is 9.16. The number of aliphatic hydroxyl groups is 1. The molecule has 3 atom stereocenters. The average molecular weight is 419 g/mol. The van der Waals surface area contributed by atoms with Crippen LogP contribution >= 0.6 is 0 Å². The van der Waals surface area contributed by atoms with Crippen molar-refractivity contribution < 1.29 is 9.52 Å². The highest BCUT2D eigenvalue weighted by atomic mass is 16.4. The summed E-state index contributed by atoms with van der Waals surface area (Å²) in [4.78, 5) is 4.98. The van der Waals surface area contributed by atoms with Gasteiger partial charge >= 0.3 is 0 Å². The predicted octanol–water partition coefficient (Wildman–Crippen LogP) is 3.37. The second-order valence-corrected chi connectivity index (χ2v) is 10.7. The lowest BCUT2D eigenvalue weighted by atomic mass is 9.69. The number of nitrogens with zero attached hydrogens (tertiary/aromatic N) is 4. The molecule has 0 spiro atoms. The van der Waals surface area contributed by atoms with Gasteiger partial charge in [0.15, 0.2) is 0 Å². The van der Waals surface area contributed by atoms with Gasteiger partial charge in [0.1, 0.15) is 0 Å². The van der Waals surface area contributed by atoms with Crippen molar-refractivity contribution in [2.75, 3.05) is 45.9 Å². The molecule has 2 aliphatic rings. The van der Waals surface area contributed by atoms with Crippen LogP contribution in [0.15, 0.2) is 16.1 Å². The molecule has 0 amide bonds. The third-order valence-electron chi connectivity index (χ3n) is 6.96. The topological polar surface area (TPSA) is 65.6 Å². The summed E-state index contributed by atoms with van der Waals surface area (Å²) in [6, 6.07) is 0. The lowest BCUT2D eigenvalue weighted by Crippen LogP contribution is -2.49. The predicted molar refractivity (Wildman–Crippen MR) is 120 cm³/mol. The van der Waals surface area contributed by atoms with Crippen LogP contribution in [0.2, 0.25) is 0 Å². The highest BCUT2D eigenvalue weighted by Crippen LogP contribution is 2.39. The molecule has 0 radical (unpaired) electrons. The Labute approximate surface area is 182 Å². The fourth-order valence-corrected chi connectivity index (χ4v) is 4.97. The molecule has 1 fully saturated rings. The standard InChI is InChI=1S/C24H42N4O2/c1-17(2)21-14-19(15-22-25-26-23(30-22)24(4,5)6)18(3)13-20(21)16-28-9-7-27(8-10-28)11-12-29/h13,17,19-21,29H,7-12,14-16H2,1-6H3/t19-,20-,21-/m0/s1. The molecule has 0 saturated carbocycles. The molecule has 6 heteroatoms. The summed E-state index contributed by atoms with van der Waals surface area (Å²) in [5, 5.41) is 17.8. The Hall–Kier alpha value is -1.24. The number of aromatic nitrogens is 2. The number of rotatable bonds is 7. The number of hydrogen-bond acceptors (Lipinski definition) is 6. The summed E-state index contributed by atoms with van der Waals surface area (Å²) in [6.45, 7) is 19.9. The molecule has 0 bridgehead atoms. The summed E-state index contributed by atoms with van der Waals surface area (Å²) in [5.74, 6) is 3.94. The van der Waals surface area contributed by atoms with Crippen LogP contribution < -0.4 is 0 Å². The van der Waals surface area contributed by atoms with E-state index in [1.165, 1.54) is 12.0 Å². The van der Waals surface area contributed by atoms with Crippen LogP contribution in [0.1, 0.15) is 59.7 Å². The minimum atomic E-state index is -0.102. The van der Waals surface area contributed by atoms with E-state index in [0.29, 0.717) is 23.7 Å². The van der Waals surface area contributed by atoms with Crippen molar-refractivity contribution in [1.82, 2.24) is 20.0 Å². The molecule has 1 aromatic heterocycles. The zero-order valence-corrected chi connectivity index (χ0v) is 19.9. The summed E-state index contributed by atoms with van der Waals surface area (Å²) in [7, 11) is 0. The Morgan fingerprint density at radius 2 is 1.80 bits per heavy atom. The minimum absolute atomic E-state index is 0.102. The number of piperazine rings is 1. The summed E-state index contributed by atoms with van der Waals surface area (Å²) in [5.41, 5.74) is 1.38. The maximum Gasteiger partial charge on any atom is 0.221 e. The highest BCUT2D eigenvalue weighted by Gasteiger charge is 2.34. The molecular formula is C24H42N4O2. The van der Waals surface area contributed by atoms with E-state index < -0.39 is 0 Å². The molecular weight excluding hydrogens is 376 g/mol. The van der Waals surface area contributed by atoms with Gasteiger partial charge in [-0.3, -0.25) is 4.90 Å². The number of β-amino-alcohol motifs (C(OH)–C–C–N with tert-alkyl or cyclic N) is 1. The van der Waals surface area contributed by atoms with Gasteiger partial charge in [0.25, 0.3) is 0 Å². The van der Waals surface area contributed by atoms with Crippen LogP contribution in [0, 0.1) is 23.7 Å². The van der Waals surface area contributed by atoms with E-state index in [-0.39, 0.29) is 12.0 Å². The second kappa shape index (κ2) is 9.92. The Kier molecular flexibility index (Phi) is 7.75. The summed E-state index contributed by atoms with van der Waals surface area (Å²) >= 11 is 0. The van der Waals surface area contributed by atoms with E-state index in [0.717, 1.165) is 57.5 Å². The van der Waals surface area contributed by atoms with E-state index in [2.05, 4.69) is 67.6 Å². The van der Waals surface area contributed by atoms with Crippen molar-refractivity contribution in [2.45, 2.75) is 59.8 Å². The van der Waals surface area contributed by atoms with Crippen LogP contribution in [-0.4, -0.2) is 71.0 Å². The van der Waals surface area contributed by atoms with Gasteiger partial charge in [-0.15, -0.1) is 10.2 Å². The van der Waals surface area contributed by atoms with Crippen LogP contribution in [0.3, 0.4) is 0 Å². The van der Waals surface area contributed by atoms with E-state index in [1.54, 1.807) is 0 Å². The van der Waals surface area contributed by atoms with Gasteiger partial charge in [0, 0.05) is 51.1 Å². The Morgan fingerprint density at radius 3 is 2.37 bits per heavy atom. The molecule has 1 aromatic rings. The zero-order valence-electron chi connectivity index (χ0n) is 19.9. The molecule has 1 aliphatic carbocycles. The first-order chi connectivity index (χ1) is 14.2. The van der Waals surface area contributed by atoms with Crippen molar-refractivity contribution in [3.63, 3.8) is 0 Å². The van der Waals surface area contributed by atoms with Gasteiger partial charge in [0.2, 0.25) is 11.8 Å². The fourth-order valence-electron chi connectivity index (χ4n) is 4.97. The van der Waals surface area contributed by atoms with Crippen LogP contribution in [0.25, 0.3) is 0 Å². The van der Waals surface area contributed by atoms with Crippen molar-refractivity contribution in [3.05, 3.63) is 23.4 Å². The molecule has 2 heterocycles. The second-order valence-electron chi connectivity index (χ2n) is 10.7. The highest BCUT2D eigenvalue weighted by molar-refractivity contribution is 5.14. The molecule has 30 heavy (non-hydrogen) atoms.